The molecule has 0 bridgehead atoms. The number of ketones is 1. The van der Waals surface area contributed by atoms with Crippen molar-refractivity contribution in [3.8, 4) is 11.1 Å². The number of carbonyl (C=O) groups is 4. The molecule has 0 unspecified atom stereocenters. The lowest BCUT2D eigenvalue weighted by Gasteiger charge is -2.31. The van der Waals surface area contributed by atoms with Gasteiger partial charge in [-0.2, -0.15) is 0 Å². The minimum atomic E-state index is -1.99. The van der Waals surface area contributed by atoms with E-state index in [-0.39, 0.29) is 18.2 Å². The van der Waals surface area contributed by atoms with Crippen LogP contribution in [0.2, 0.25) is 0 Å². The van der Waals surface area contributed by atoms with Crippen LogP contribution in [0.3, 0.4) is 0 Å². The molecule has 2 aliphatic carbocycles. The van der Waals surface area contributed by atoms with Crippen LogP contribution >= 0.6 is 0 Å². The van der Waals surface area contributed by atoms with E-state index in [2.05, 4.69) is 16.0 Å². The molecule has 0 aromatic heterocycles. The number of hydrogen-bond acceptors (Lipinski definition) is 6. The number of hydrogen-bond donors (Lipinski definition) is 5. The first kappa shape index (κ1) is 28.0. The lowest BCUT2D eigenvalue weighted by molar-refractivity contribution is -0.140. The molecule has 1 aliphatic heterocycles. The number of nitrogens with one attached hydrogen (secondary N) is 3. The van der Waals surface area contributed by atoms with Gasteiger partial charge in [0, 0.05) is 23.6 Å². The van der Waals surface area contributed by atoms with E-state index in [1.54, 1.807) is 24.3 Å². The first-order valence-electron chi connectivity index (χ1n) is 14.3. The van der Waals surface area contributed by atoms with E-state index in [0.29, 0.717) is 30.5 Å². The smallest absolute Gasteiger partial charge is 0.262 e. The maximum atomic E-state index is 13.9. The van der Waals surface area contributed by atoms with Crippen LogP contribution in [-0.2, 0) is 24.8 Å². The van der Waals surface area contributed by atoms with Crippen molar-refractivity contribution < 1.29 is 29.4 Å². The molecule has 1 saturated heterocycles. The number of Topliss-reactive ketones (excluding diaryl/α,β-unsaturated/α-hetero) is 1. The lowest BCUT2D eigenvalue weighted by Crippen LogP contribution is -2.56. The molecule has 2 aromatic carbocycles. The Morgan fingerprint density at radius 3 is 2.08 bits per heavy atom. The maximum Gasteiger partial charge on any atom is 0.262 e. The summed E-state index contributed by atoms with van der Waals surface area (Å²) >= 11 is 0. The summed E-state index contributed by atoms with van der Waals surface area (Å²) in [5.41, 5.74) is 0.428. The Hall–Kier alpha value is -3.56. The SMILES string of the molecule is O=C1NCC[C@@H]1C[C@@H](NC(=O)[C@@H](CC1CCCCC1)NC(=O)C1(O)c2ccccc2-c2ccccc21)C(=O)CO. The predicted molar refractivity (Wildman–Crippen MR) is 148 cm³/mol. The van der Waals surface area contributed by atoms with Gasteiger partial charge in [-0.05, 0) is 36.3 Å². The zero-order valence-corrected chi connectivity index (χ0v) is 22.5. The number of aliphatic hydroxyl groups excluding tert-OH is 1. The summed E-state index contributed by atoms with van der Waals surface area (Å²) < 4.78 is 0. The van der Waals surface area contributed by atoms with Gasteiger partial charge in [0.25, 0.3) is 5.91 Å². The fourth-order valence-corrected chi connectivity index (χ4v) is 6.51. The lowest BCUT2D eigenvalue weighted by atomic mass is 9.84. The van der Waals surface area contributed by atoms with Crippen molar-refractivity contribution in [2.45, 2.75) is 69.1 Å². The van der Waals surface area contributed by atoms with Crippen molar-refractivity contribution in [1.82, 2.24) is 16.0 Å². The van der Waals surface area contributed by atoms with E-state index in [9.17, 15) is 29.4 Å². The first-order valence-corrected chi connectivity index (χ1v) is 14.3. The van der Waals surface area contributed by atoms with Gasteiger partial charge in [-0.1, -0.05) is 80.6 Å². The van der Waals surface area contributed by atoms with Crippen LogP contribution in [0.5, 0.6) is 0 Å². The first-order chi connectivity index (χ1) is 19.3. The van der Waals surface area contributed by atoms with Crippen molar-refractivity contribution in [2.75, 3.05) is 13.2 Å². The Balaban J connectivity index is 1.41. The van der Waals surface area contributed by atoms with Crippen molar-refractivity contribution in [3.63, 3.8) is 0 Å². The molecule has 2 fully saturated rings. The number of amides is 3. The maximum absolute atomic E-state index is 13.9. The Morgan fingerprint density at radius 1 is 0.875 bits per heavy atom. The summed E-state index contributed by atoms with van der Waals surface area (Å²) in [6.07, 6.45) is 6.04. The second-order valence-corrected chi connectivity index (χ2v) is 11.3. The number of benzene rings is 2. The van der Waals surface area contributed by atoms with Crippen LogP contribution in [0.25, 0.3) is 11.1 Å². The number of carbonyl (C=O) groups excluding carboxylic acids is 4. The third-order valence-electron chi connectivity index (χ3n) is 8.71. The number of fused-ring (bicyclic) bond motifs is 3. The van der Waals surface area contributed by atoms with E-state index < -0.39 is 47.8 Å². The van der Waals surface area contributed by atoms with E-state index >= 15 is 0 Å². The van der Waals surface area contributed by atoms with E-state index in [1.165, 1.54) is 0 Å². The van der Waals surface area contributed by atoms with E-state index in [1.807, 2.05) is 24.3 Å². The number of aliphatic hydroxyl groups is 2. The highest BCUT2D eigenvalue weighted by Gasteiger charge is 2.48. The highest BCUT2D eigenvalue weighted by molar-refractivity contribution is 6.01. The van der Waals surface area contributed by atoms with Crippen molar-refractivity contribution in [2.24, 2.45) is 11.8 Å². The summed E-state index contributed by atoms with van der Waals surface area (Å²) in [6.45, 7) is -0.272. The van der Waals surface area contributed by atoms with Gasteiger partial charge in [0.05, 0.1) is 6.04 Å². The monoisotopic (exact) mass is 547 g/mol. The highest BCUT2D eigenvalue weighted by atomic mass is 16.3. The van der Waals surface area contributed by atoms with Crippen LogP contribution in [-0.4, -0.2) is 59.0 Å². The second kappa shape index (κ2) is 11.9. The zero-order valence-electron chi connectivity index (χ0n) is 22.5. The zero-order chi connectivity index (χ0) is 28.3. The van der Waals surface area contributed by atoms with E-state index in [0.717, 1.165) is 43.2 Å². The standard InChI is InChI=1S/C31H37N3O6/c35-18-27(36)25(17-20-14-15-32-28(20)37)33-29(38)26(16-19-8-2-1-3-9-19)34-30(39)31(40)23-12-6-4-10-21(23)22-11-5-7-13-24(22)31/h4-7,10-13,19-20,25-26,35,40H,1-3,8-9,14-18H2,(H,32,37)(H,33,38)(H,34,39)/t20-,25-,26-/m1/s1. The summed E-state index contributed by atoms with van der Waals surface area (Å²) in [5, 5.41) is 29.8. The van der Waals surface area contributed by atoms with Gasteiger partial charge in [0.1, 0.15) is 12.6 Å². The summed E-state index contributed by atoms with van der Waals surface area (Å²) in [5.74, 6) is -2.28. The summed E-state index contributed by atoms with van der Waals surface area (Å²) in [4.78, 5) is 52.4. The molecule has 9 nitrogen and oxygen atoms in total. The molecular formula is C31H37N3O6. The molecule has 1 heterocycles. The molecule has 5 N–H and O–H groups in total. The van der Waals surface area contributed by atoms with Gasteiger partial charge < -0.3 is 26.2 Å². The molecule has 1 saturated carbocycles. The molecular weight excluding hydrogens is 510 g/mol. The quantitative estimate of drug-likeness (QED) is 0.307. The molecule has 3 atom stereocenters. The highest BCUT2D eigenvalue weighted by Crippen LogP contribution is 2.47. The normalized spacial score (nSPS) is 21.1. The van der Waals surface area contributed by atoms with Crippen molar-refractivity contribution in [3.05, 3.63) is 59.7 Å². The van der Waals surface area contributed by atoms with Gasteiger partial charge in [-0.15, -0.1) is 0 Å². The van der Waals surface area contributed by atoms with Crippen LogP contribution in [0.15, 0.2) is 48.5 Å². The summed E-state index contributed by atoms with van der Waals surface area (Å²) in [6, 6.07) is 12.3. The van der Waals surface area contributed by atoms with Gasteiger partial charge in [-0.25, -0.2) is 0 Å². The minimum Gasteiger partial charge on any atom is -0.389 e. The third-order valence-corrected chi connectivity index (χ3v) is 8.71. The van der Waals surface area contributed by atoms with Crippen LogP contribution in [0.4, 0.5) is 0 Å². The largest absolute Gasteiger partial charge is 0.389 e. The van der Waals surface area contributed by atoms with Gasteiger partial charge >= 0.3 is 0 Å². The third kappa shape index (κ3) is 5.40. The predicted octanol–water partition coefficient (Wildman–Crippen LogP) is 1.93. The molecule has 0 spiro atoms. The fraction of sp³-hybridized carbons (Fsp3) is 0.484. The van der Waals surface area contributed by atoms with Crippen LogP contribution in [0, 0.1) is 11.8 Å². The Bertz CT molecular complexity index is 1240. The fourth-order valence-electron chi connectivity index (χ4n) is 6.51. The summed E-state index contributed by atoms with van der Waals surface area (Å²) in [7, 11) is 0. The molecule has 3 amide bonds. The molecule has 9 heteroatoms. The molecule has 40 heavy (non-hydrogen) atoms. The topological polar surface area (TPSA) is 145 Å². The van der Waals surface area contributed by atoms with Crippen LogP contribution < -0.4 is 16.0 Å². The van der Waals surface area contributed by atoms with Gasteiger partial charge in [-0.3, -0.25) is 19.2 Å². The molecule has 5 rings (SSSR count). The van der Waals surface area contributed by atoms with Crippen molar-refractivity contribution in [1.29, 1.82) is 0 Å². The molecule has 3 aliphatic rings. The van der Waals surface area contributed by atoms with E-state index in [4.69, 9.17) is 0 Å². The molecule has 0 radical (unpaired) electrons. The van der Waals surface area contributed by atoms with Gasteiger partial charge in [0.2, 0.25) is 11.8 Å². The average Bonchev–Trinajstić information content (AvgIpc) is 3.51. The minimum absolute atomic E-state index is 0.0751. The Morgan fingerprint density at radius 2 is 1.50 bits per heavy atom. The van der Waals surface area contributed by atoms with Crippen molar-refractivity contribution >= 4 is 23.5 Å². The second-order valence-electron chi connectivity index (χ2n) is 11.3. The average molecular weight is 548 g/mol. The Labute approximate surface area is 233 Å². The van der Waals surface area contributed by atoms with Crippen LogP contribution in [0.1, 0.15) is 62.5 Å². The molecule has 2 aromatic rings. The Kier molecular flexibility index (Phi) is 8.32. The number of rotatable bonds is 10. The van der Waals surface area contributed by atoms with Gasteiger partial charge in [0.15, 0.2) is 11.4 Å². The molecule has 212 valence electrons.